The summed E-state index contributed by atoms with van der Waals surface area (Å²) in [7, 11) is 0. The fourth-order valence-corrected chi connectivity index (χ4v) is 1.82. The summed E-state index contributed by atoms with van der Waals surface area (Å²) in [4.78, 5) is 11.7. The highest BCUT2D eigenvalue weighted by Crippen LogP contribution is 2.23. The van der Waals surface area contributed by atoms with Crippen molar-refractivity contribution in [3.05, 3.63) is 29.3 Å². The maximum atomic E-state index is 10.7. The van der Waals surface area contributed by atoms with Crippen LogP contribution < -0.4 is 5.73 Å². The van der Waals surface area contributed by atoms with E-state index in [1.54, 1.807) is 17.8 Å². The summed E-state index contributed by atoms with van der Waals surface area (Å²) < 4.78 is 0. The van der Waals surface area contributed by atoms with Gasteiger partial charge in [-0.05, 0) is 30.4 Å². The molecule has 0 heterocycles. The zero-order valence-electron chi connectivity index (χ0n) is 8.15. The summed E-state index contributed by atoms with van der Waals surface area (Å²) in [6.45, 7) is 1.99. The van der Waals surface area contributed by atoms with E-state index in [9.17, 15) is 4.79 Å². The highest BCUT2D eigenvalue weighted by atomic mass is 32.2. The van der Waals surface area contributed by atoms with Gasteiger partial charge in [-0.25, -0.2) is 0 Å². The molecule has 0 amide bonds. The van der Waals surface area contributed by atoms with Gasteiger partial charge < -0.3 is 10.8 Å². The van der Waals surface area contributed by atoms with Crippen molar-refractivity contribution >= 4 is 17.7 Å². The number of thioether (sulfide) groups is 1. The molecule has 3 N–H and O–H groups in total. The van der Waals surface area contributed by atoms with Crippen LogP contribution in [0.1, 0.15) is 17.2 Å². The first kappa shape index (κ1) is 11.1. The van der Waals surface area contributed by atoms with E-state index in [4.69, 9.17) is 10.8 Å². The number of benzene rings is 1. The van der Waals surface area contributed by atoms with Gasteiger partial charge in [0.15, 0.2) is 0 Å². The topological polar surface area (TPSA) is 63.3 Å². The van der Waals surface area contributed by atoms with Crippen molar-refractivity contribution in [1.29, 1.82) is 0 Å². The monoisotopic (exact) mass is 211 g/mol. The van der Waals surface area contributed by atoms with E-state index in [0.717, 1.165) is 10.5 Å². The SMILES string of the molecule is CSc1cc(C(N)C(=O)O)ccc1C. The van der Waals surface area contributed by atoms with Crippen molar-refractivity contribution in [2.45, 2.75) is 17.9 Å². The normalized spacial score (nSPS) is 12.5. The lowest BCUT2D eigenvalue weighted by Gasteiger charge is -2.09. The van der Waals surface area contributed by atoms with E-state index in [0.29, 0.717) is 5.56 Å². The number of carboxylic acids is 1. The van der Waals surface area contributed by atoms with Crippen LogP contribution in [0, 0.1) is 6.92 Å². The van der Waals surface area contributed by atoms with Crippen LogP contribution in [0.5, 0.6) is 0 Å². The lowest BCUT2D eigenvalue weighted by atomic mass is 10.1. The molecule has 0 radical (unpaired) electrons. The molecule has 1 unspecified atom stereocenters. The largest absolute Gasteiger partial charge is 0.480 e. The molecule has 14 heavy (non-hydrogen) atoms. The number of carboxylic acid groups (broad SMARTS) is 1. The fourth-order valence-electron chi connectivity index (χ4n) is 1.17. The Kier molecular flexibility index (Phi) is 3.55. The molecule has 1 rings (SSSR count). The van der Waals surface area contributed by atoms with E-state index in [1.807, 2.05) is 25.3 Å². The summed E-state index contributed by atoms with van der Waals surface area (Å²) in [5.41, 5.74) is 7.29. The molecule has 0 aliphatic rings. The van der Waals surface area contributed by atoms with Crippen molar-refractivity contribution < 1.29 is 9.90 Å². The van der Waals surface area contributed by atoms with Gasteiger partial charge in [-0.1, -0.05) is 12.1 Å². The lowest BCUT2D eigenvalue weighted by Crippen LogP contribution is -2.20. The Morgan fingerprint density at radius 3 is 2.71 bits per heavy atom. The molecule has 76 valence electrons. The number of hydrogen-bond acceptors (Lipinski definition) is 3. The summed E-state index contributed by atoms with van der Waals surface area (Å²) in [6.07, 6.45) is 1.96. The molecule has 0 aromatic heterocycles. The molecule has 1 aromatic rings. The van der Waals surface area contributed by atoms with Crippen LogP contribution in [0.3, 0.4) is 0 Å². The predicted molar refractivity (Wildman–Crippen MR) is 57.5 cm³/mol. The summed E-state index contributed by atoms with van der Waals surface area (Å²) in [5.74, 6) is -0.999. The molecule has 1 atom stereocenters. The van der Waals surface area contributed by atoms with Gasteiger partial charge in [0.1, 0.15) is 6.04 Å². The van der Waals surface area contributed by atoms with Crippen LogP contribution in [0.4, 0.5) is 0 Å². The highest BCUT2D eigenvalue weighted by molar-refractivity contribution is 7.98. The van der Waals surface area contributed by atoms with Crippen LogP contribution in [0.25, 0.3) is 0 Å². The molecule has 0 fully saturated rings. The number of nitrogens with two attached hydrogens (primary N) is 1. The van der Waals surface area contributed by atoms with Gasteiger partial charge in [0, 0.05) is 4.90 Å². The van der Waals surface area contributed by atoms with E-state index in [-0.39, 0.29) is 0 Å². The number of aliphatic carboxylic acids is 1. The van der Waals surface area contributed by atoms with E-state index >= 15 is 0 Å². The Labute approximate surface area is 87.3 Å². The molecular weight excluding hydrogens is 198 g/mol. The summed E-state index contributed by atoms with van der Waals surface area (Å²) in [6, 6.07) is 4.55. The third kappa shape index (κ3) is 2.27. The average Bonchev–Trinajstić information content (AvgIpc) is 2.17. The maximum absolute atomic E-state index is 10.7. The predicted octanol–water partition coefficient (Wildman–Crippen LogP) is 1.80. The minimum Gasteiger partial charge on any atom is -0.480 e. The van der Waals surface area contributed by atoms with Crippen LogP contribution in [-0.4, -0.2) is 17.3 Å². The molecule has 0 saturated carbocycles. The standard InChI is InChI=1S/C10H13NO2S/c1-6-3-4-7(5-8(6)14-2)9(11)10(12)13/h3-5,9H,11H2,1-2H3,(H,12,13). The third-order valence-corrected chi connectivity index (χ3v) is 2.94. The number of aryl methyl sites for hydroxylation is 1. The molecule has 0 spiro atoms. The number of carbonyl (C=O) groups is 1. The Bertz CT molecular complexity index is 352. The lowest BCUT2D eigenvalue weighted by molar-refractivity contribution is -0.138. The molecule has 0 saturated heterocycles. The van der Waals surface area contributed by atoms with Gasteiger partial charge in [0.05, 0.1) is 0 Å². The van der Waals surface area contributed by atoms with E-state index in [2.05, 4.69) is 0 Å². The number of hydrogen-bond donors (Lipinski definition) is 2. The van der Waals surface area contributed by atoms with Gasteiger partial charge in [0.25, 0.3) is 0 Å². The molecule has 0 aliphatic carbocycles. The Morgan fingerprint density at radius 2 is 2.21 bits per heavy atom. The minimum atomic E-state index is -0.999. The zero-order valence-corrected chi connectivity index (χ0v) is 8.97. The van der Waals surface area contributed by atoms with Crippen LogP contribution in [0.15, 0.2) is 23.1 Å². The average molecular weight is 211 g/mol. The van der Waals surface area contributed by atoms with Gasteiger partial charge in [0.2, 0.25) is 0 Å². The Balaban J connectivity index is 3.06. The van der Waals surface area contributed by atoms with E-state index in [1.165, 1.54) is 0 Å². The first-order valence-electron chi connectivity index (χ1n) is 4.19. The second-order valence-corrected chi connectivity index (χ2v) is 3.89. The zero-order chi connectivity index (χ0) is 10.7. The second kappa shape index (κ2) is 4.48. The minimum absolute atomic E-state index is 0.646. The molecule has 0 aliphatic heterocycles. The van der Waals surface area contributed by atoms with Crippen LogP contribution >= 0.6 is 11.8 Å². The van der Waals surface area contributed by atoms with Crippen molar-refractivity contribution in [3.8, 4) is 0 Å². The van der Waals surface area contributed by atoms with Crippen molar-refractivity contribution in [2.75, 3.05) is 6.26 Å². The number of rotatable bonds is 3. The third-order valence-electron chi connectivity index (χ3n) is 2.06. The smallest absolute Gasteiger partial charge is 0.325 e. The molecular formula is C10H13NO2S. The van der Waals surface area contributed by atoms with Gasteiger partial charge in [-0.3, -0.25) is 4.79 Å². The second-order valence-electron chi connectivity index (χ2n) is 3.04. The molecule has 1 aromatic carbocycles. The van der Waals surface area contributed by atoms with Crippen LogP contribution in [-0.2, 0) is 4.79 Å². The first-order valence-corrected chi connectivity index (χ1v) is 5.41. The molecule has 0 bridgehead atoms. The Morgan fingerprint density at radius 1 is 1.57 bits per heavy atom. The molecule has 3 nitrogen and oxygen atoms in total. The quantitative estimate of drug-likeness (QED) is 0.748. The highest BCUT2D eigenvalue weighted by Gasteiger charge is 2.14. The van der Waals surface area contributed by atoms with Gasteiger partial charge in [-0.15, -0.1) is 11.8 Å². The fraction of sp³-hybridized carbons (Fsp3) is 0.300. The first-order chi connectivity index (χ1) is 6.56. The molecule has 4 heteroatoms. The Hall–Kier alpha value is -1.00. The van der Waals surface area contributed by atoms with E-state index < -0.39 is 12.0 Å². The maximum Gasteiger partial charge on any atom is 0.325 e. The summed E-state index contributed by atoms with van der Waals surface area (Å²) >= 11 is 1.59. The van der Waals surface area contributed by atoms with Crippen molar-refractivity contribution in [1.82, 2.24) is 0 Å². The van der Waals surface area contributed by atoms with Crippen molar-refractivity contribution in [3.63, 3.8) is 0 Å². The van der Waals surface area contributed by atoms with Crippen LogP contribution in [0.2, 0.25) is 0 Å². The summed E-state index contributed by atoms with van der Waals surface area (Å²) in [5, 5.41) is 8.74. The van der Waals surface area contributed by atoms with Gasteiger partial charge in [-0.2, -0.15) is 0 Å². The van der Waals surface area contributed by atoms with Crippen molar-refractivity contribution in [2.24, 2.45) is 5.73 Å². The van der Waals surface area contributed by atoms with Gasteiger partial charge >= 0.3 is 5.97 Å².